The third-order valence-electron chi connectivity index (χ3n) is 2.89. The highest BCUT2D eigenvalue weighted by Gasteiger charge is 2.21. The molecule has 1 heterocycles. The van der Waals surface area contributed by atoms with E-state index < -0.39 is 10.8 Å². The van der Waals surface area contributed by atoms with E-state index in [4.69, 9.17) is 5.73 Å². The Bertz CT molecular complexity index is 177. The average molecular weight is 218 g/mol. The molecule has 2 N–H and O–H groups in total. The highest BCUT2D eigenvalue weighted by Crippen LogP contribution is 2.10. The smallest absolute Gasteiger partial charge is 0.0363 e. The zero-order valence-electron chi connectivity index (χ0n) is 9.08. The summed E-state index contributed by atoms with van der Waals surface area (Å²) in [5, 5.41) is 0. The largest absolute Gasteiger partial charge is 0.329 e. The molecular weight excluding hydrogens is 196 g/mol. The van der Waals surface area contributed by atoms with Crippen LogP contribution in [0.1, 0.15) is 26.2 Å². The summed E-state index contributed by atoms with van der Waals surface area (Å²) in [6, 6.07) is 0.521. The fourth-order valence-corrected chi connectivity index (χ4v) is 2.99. The van der Waals surface area contributed by atoms with Crippen LogP contribution in [-0.2, 0) is 10.8 Å². The van der Waals surface area contributed by atoms with Gasteiger partial charge in [-0.3, -0.25) is 9.11 Å². The molecule has 14 heavy (non-hydrogen) atoms. The van der Waals surface area contributed by atoms with Gasteiger partial charge in [0.25, 0.3) is 0 Å². The highest BCUT2D eigenvalue weighted by atomic mass is 32.2. The molecule has 0 spiro atoms. The van der Waals surface area contributed by atoms with E-state index in [2.05, 4.69) is 11.8 Å². The minimum Gasteiger partial charge on any atom is -0.329 e. The lowest BCUT2D eigenvalue weighted by atomic mass is 10.1. The van der Waals surface area contributed by atoms with E-state index in [1.54, 1.807) is 0 Å². The molecule has 1 rings (SSSR count). The van der Waals surface area contributed by atoms with Crippen molar-refractivity contribution in [1.82, 2.24) is 4.90 Å². The van der Waals surface area contributed by atoms with Crippen molar-refractivity contribution in [3.63, 3.8) is 0 Å². The van der Waals surface area contributed by atoms with Crippen LogP contribution in [0, 0.1) is 0 Å². The molecule has 84 valence electrons. The van der Waals surface area contributed by atoms with Crippen LogP contribution in [0.15, 0.2) is 0 Å². The topological polar surface area (TPSA) is 46.3 Å². The predicted octanol–water partition coefficient (Wildman–Crippen LogP) is 0.568. The third kappa shape index (κ3) is 3.67. The molecule has 0 bridgehead atoms. The van der Waals surface area contributed by atoms with Gasteiger partial charge in [-0.25, -0.2) is 0 Å². The molecule has 1 atom stereocenters. The normalized spacial score (nSPS) is 22.4. The second-order valence-corrected chi connectivity index (χ2v) is 5.61. The summed E-state index contributed by atoms with van der Waals surface area (Å²) in [6.45, 7) is 4.89. The third-order valence-corrected chi connectivity index (χ3v) is 4.17. The van der Waals surface area contributed by atoms with E-state index >= 15 is 0 Å². The summed E-state index contributed by atoms with van der Waals surface area (Å²) in [6.07, 6.45) is 3.68. The van der Waals surface area contributed by atoms with Crippen molar-refractivity contribution in [3.05, 3.63) is 0 Å². The molecule has 1 aliphatic heterocycles. The Balaban J connectivity index is 2.32. The maximum atomic E-state index is 11.2. The standard InChI is InChI=1S/C10H22N2OS/c1-2-3-4-10(9-11)12-5-7-14(13)8-6-12/h10H,2-9,11H2,1H3. The molecule has 1 aliphatic rings. The molecule has 0 radical (unpaired) electrons. The SMILES string of the molecule is CCCCC(CN)N1CCS(=O)CC1. The van der Waals surface area contributed by atoms with E-state index in [1.165, 1.54) is 19.3 Å². The van der Waals surface area contributed by atoms with Gasteiger partial charge in [-0.1, -0.05) is 19.8 Å². The average Bonchev–Trinajstić information content (AvgIpc) is 2.21. The fourth-order valence-electron chi connectivity index (χ4n) is 1.91. The summed E-state index contributed by atoms with van der Waals surface area (Å²) in [5.41, 5.74) is 5.76. The summed E-state index contributed by atoms with van der Waals surface area (Å²) in [4.78, 5) is 2.41. The van der Waals surface area contributed by atoms with Gasteiger partial charge in [0.2, 0.25) is 0 Å². The Morgan fingerprint density at radius 1 is 1.43 bits per heavy atom. The lowest BCUT2D eigenvalue weighted by Gasteiger charge is -2.33. The Morgan fingerprint density at radius 3 is 2.57 bits per heavy atom. The first-order valence-electron chi connectivity index (χ1n) is 5.57. The van der Waals surface area contributed by atoms with E-state index in [-0.39, 0.29) is 0 Å². The van der Waals surface area contributed by atoms with Crippen molar-refractivity contribution in [2.75, 3.05) is 31.1 Å². The van der Waals surface area contributed by atoms with Gasteiger partial charge in [0, 0.05) is 48.0 Å². The van der Waals surface area contributed by atoms with Crippen molar-refractivity contribution in [1.29, 1.82) is 0 Å². The molecule has 1 fully saturated rings. The Hall–Kier alpha value is 0.0700. The molecule has 1 saturated heterocycles. The van der Waals surface area contributed by atoms with Crippen LogP contribution in [0.5, 0.6) is 0 Å². The van der Waals surface area contributed by atoms with Crippen LogP contribution in [0.4, 0.5) is 0 Å². The summed E-state index contributed by atoms with van der Waals surface area (Å²) < 4.78 is 11.2. The van der Waals surface area contributed by atoms with Crippen LogP contribution in [0.2, 0.25) is 0 Å². The maximum absolute atomic E-state index is 11.2. The van der Waals surface area contributed by atoms with Crippen LogP contribution in [0.3, 0.4) is 0 Å². The van der Waals surface area contributed by atoms with Crippen molar-refractivity contribution < 1.29 is 4.21 Å². The number of nitrogens with two attached hydrogens (primary N) is 1. The van der Waals surface area contributed by atoms with E-state index in [0.717, 1.165) is 31.1 Å². The molecule has 0 saturated carbocycles. The van der Waals surface area contributed by atoms with Gasteiger partial charge in [-0.05, 0) is 6.42 Å². The second kappa shape index (κ2) is 6.53. The van der Waals surface area contributed by atoms with E-state index in [0.29, 0.717) is 6.04 Å². The minimum absolute atomic E-state index is 0.521. The number of unbranched alkanes of at least 4 members (excludes halogenated alkanes) is 1. The fraction of sp³-hybridized carbons (Fsp3) is 1.00. The first-order chi connectivity index (χ1) is 6.77. The summed E-state index contributed by atoms with van der Waals surface area (Å²) in [7, 11) is -0.568. The molecule has 0 aromatic rings. The number of nitrogens with zero attached hydrogens (tertiary/aromatic N) is 1. The number of rotatable bonds is 5. The number of hydrogen-bond acceptors (Lipinski definition) is 3. The van der Waals surface area contributed by atoms with Crippen LogP contribution >= 0.6 is 0 Å². The second-order valence-electron chi connectivity index (χ2n) is 3.92. The first kappa shape index (κ1) is 12.1. The van der Waals surface area contributed by atoms with Crippen molar-refractivity contribution in [3.8, 4) is 0 Å². The predicted molar refractivity (Wildman–Crippen MR) is 61.8 cm³/mol. The quantitative estimate of drug-likeness (QED) is 0.734. The van der Waals surface area contributed by atoms with Crippen LogP contribution < -0.4 is 5.73 Å². The monoisotopic (exact) mass is 218 g/mol. The molecule has 0 aliphatic carbocycles. The minimum atomic E-state index is -0.568. The van der Waals surface area contributed by atoms with Crippen molar-refractivity contribution >= 4 is 10.8 Å². The molecule has 1 unspecified atom stereocenters. The van der Waals surface area contributed by atoms with Crippen LogP contribution in [0.25, 0.3) is 0 Å². The van der Waals surface area contributed by atoms with Crippen molar-refractivity contribution in [2.24, 2.45) is 5.73 Å². The molecule has 0 aromatic carbocycles. The van der Waals surface area contributed by atoms with Gasteiger partial charge in [0.05, 0.1) is 0 Å². The Kier molecular flexibility index (Phi) is 5.67. The Morgan fingerprint density at radius 2 is 2.07 bits per heavy atom. The lowest BCUT2D eigenvalue weighted by molar-refractivity contribution is 0.205. The maximum Gasteiger partial charge on any atom is 0.0363 e. The van der Waals surface area contributed by atoms with E-state index in [1.807, 2.05) is 0 Å². The summed E-state index contributed by atoms with van der Waals surface area (Å²) >= 11 is 0. The zero-order valence-corrected chi connectivity index (χ0v) is 9.89. The van der Waals surface area contributed by atoms with Gasteiger partial charge in [-0.15, -0.1) is 0 Å². The molecule has 0 amide bonds. The van der Waals surface area contributed by atoms with Gasteiger partial charge in [-0.2, -0.15) is 0 Å². The molecule has 3 nitrogen and oxygen atoms in total. The van der Waals surface area contributed by atoms with Gasteiger partial charge < -0.3 is 5.73 Å². The van der Waals surface area contributed by atoms with Gasteiger partial charge >= 0.3 is 0 Å². The summed E-state index contributed by atoms with van der Waals surface area (Å²) in [5.74, 6) is 1.67. The van der Waals surface area contributed by atoms with Crippen LogP contribution in [-0.4, -0.2) is 46.3 Å². The highest BCUT2D eigenvalue weighted by molar-refractivity contribution is 7.85. The van der Waals surface area contributed by atoms with Gasteiger partial charge in [0.15, 0.2) is 0 Å². The lowest BCUT2D eigenvalue weighted by Crippen LogP contribution is -2.47. The van der Waals surface area contributed by atoms with Crippen molar-refractivity contribution in [2.45, 2.75) is 32.2 Å². The number of hydrogen-bond donors (Lipinski definition) is 1. The first-order valence-corrected chi connectivity index (χ1v) is 7.05. The van der Waals surface area contributed by atoms with E-state index in [9.17, 15) is 4.21 Å². The zero-order chi connectivity index (χ0) is 10.4. The van der Waals surface area contributed by atoms with Gasteiger partial charge in [0.1, 0.15) is 0 Å². The molecule has 4 heteroatoms. The Labute approximate surface area is 89.5 Å². The molecular formula is C10H22N2OS. The molecule has 0 aromatic heterocycles.